The van der Waals surface area contributed by atoms with Gasteiger partial charge in [-0.1, -0.05) is 63.4 Å². The molecule has 2 aromatic carbocycles. The first kappa shape index (κ1) is 20.3. The van der Waals surface area contributed by atoms with Gasteiger partial charge in [-0.3, -0.25) is 0 Å². The fourth-order valence-electron chi connectivity index (χ4n) is 2.96. The van der Waals surface area contributed by atoms with Gasteiger partial charge in [-0.25, -0.2) is 0 Å². The lowest BCUT2D eigenvalue weighted by molar-refractivity contribution is 0.217. The largest absolute Gasteiger partial charge is 0.490 e. The second-order valence-corrected chi connectivity index (χ2v) is 6.55. The Kier molecular flexibility index (Phi) is 9.66. The second-order valence-electron chi connectivity index (χ2n) is 6.55. The van der Waals surface area contributed by atoms with E-state index in [9.17, 15) is 0 Å². The zero-order valence-electron chi connectivity index (χ0n) is 16.2. The fraction of sp³-hybridized carbons (Fsp3) is 0.478. The first-order chi connectivity index (χ1) is 12.8. The molecule has 26 heavy (non-hydrogen) atoms. The van der Waals surface area contributed by atoms with Crippen molar-refractivity contribution in [2.75, 3.05) is 19.8 Å². The van der Waals surface area contributed by atoms with Crippen molar-refractivity contribution in [2.24, 2.45) is 0 Å². The van der Waals surface area contributed by atoms with E-state index >= 15 is 0 Å². The third-order valence-corrected chi connectivity index (χ3v) is 4.48. The summed E-state index contributed by atoms with van der Waals surface area (Å²) in [5.41, 5.74) is 1.33. The Labute approximate surface area is 158 Å². The second kappa shape index (κ2) is 12.4. The lowest BCUT2D eigenvalue weighted by Crippen LogP contribution is -2.21. The summed E-state index contributed by atoms with van der Waals surface area (Å²) < 4.78 is 11.4. The van der Waals surface area contributed by atoms with E-state index in [1.165, 1.54) is 31.2 Å². The van der Waals surface area contributed by atoms with E-state index in [2.05, 4.69) is 43.4 Å². The van der Waals surface area contributed by atoms with Gasteiger partial charge in [-0.05, 0) is 49.2 Å². The average molecular weight is 356 g/mol. The Morgan fingerprint density at radius 2 is 1.42 bits per heavy atom. The number of rotatable bonds is 13. The molecule has 0 fully saturated rings. The smallest absolute Gasteiger partial charge is 0.122 e. The SMILES string of the molecule is CCCCCCNC(CC)c1ccc(OCCOc2ccccc2)cc1. The molecular formula is C23H33NO2. The third-order valence-electron chi connectivity index (χ3n) is 4.48. The highest BCUT2D eigenvalue weighted by molar-refractivity contribution is 5.29. The molecule has 0 spiro atoms. The zero-order chi connectivity index (χ0) is 18.5. The molecule has 142 valence electrons. The van der Waals surface area contributed by atoms with Crippen LogP contribution in [0.4, 0.5) is 0 Å². The van der Waals surface area contributed by atoms with Gasteiger partial charge >= 0.3 is 0 Å². The van der Waals surface area contributed by atoms with E-state index in [0.29, 0.717) is 19.3 Å². The summed E-state index contributed by atoms with van der Waals surface area (Å²) in [6.07, 6.45) is 6.29. The minimum Gasteiger partial charge on any atom is -0.490 e. The minimum atomic E-state index is 0.423. The van der Waals surface area contributed by atoms with Gasteiger partial charge < -0.3 is 14.8 Å². The summed E-state index contributed by atoms with van der Waals surface area (Å²) in [4.78, 5) is 0. The molecule has 0 heterocycles. The number of hydrogen-bond donors (Lipinski definition) is 1. The maximum absolute atomic E-state index is 5.78. The van der Waals surface area contributed by atoms with Crippen molar-refractivity contribution in [1.29, 1.82) is 0 Å². The van der Waals surface area contributed by atoms with Crippen molar-refractivity contribution in [3.05, 3.63) is 60.2 Å². The number of hydrogen-bond acceptors (Lipinski definition) is 3. The summed E-state index contributed by atoms with van der Waals surface area (Å²) >= 11 is 0. The molecule has 2 aromatic rings. The van der Waals surface area contributed by atoms with Gasteiger partial charge in [-0.15, -0.1) is 0 Å². The van der Waals surface area contributed by atoms with Crippen molar-refractivity contribution in [3.8, 4) is 11.5 Å². The molecule has 0 amide bonds. The maximum Gasteiger partial charge on any atom is 0.122 e. The van der Waals surface area contributed by atoms with E-state index in [4.69, 9.17) is 9.47 Å². The Hall–Kier alpha value is -2.00. The van der Waals surface area contributed by atoms with E-state index < -0.39 is 0 Å². The van der Waals surface area contributed by atoms with Crippen LogP contribution in [0.15, 0.2) is 54.6 Å². The standard InChI is InChI=1S/C23H33NO2/c1-3-5-6-10-17-24-23(4-2)20-13-15-22(16-14-20)26-19-18-25-21-11-8-7-9-12-21/h7-9,11-16,23-24H,3-6,10,17-19H2,1-2H3. The van der Waals surface area contributed by atoms with Gasteiger partial charge in [0.2, 0.25) is 0 Å². The number of nitrogens with one attached hydrogen (secondary N) is 1. The first-order valence-electron chi connectivity index (χ1n) is 9.97. The quantitative estimate of drug-likeness (QED) is 0.463. The summed E-state index contributed by atoms with van der Waals surface area (Å²) in [5.74, 6) is 1.77. The van der Waals surface area contributed by atoms with E-state index in [-0.39, 0.29) is 0 Å². The Morgan fingerprint density at radius 1 is 0.769 bits per heavy atom. The molecule has 2 rings (SSSR count). The third kappa shape index (κ3) is 7.49. The highest BCUT2D eigenvalue weighted by Crippen LogP contribution is 2.20. The van der Waals surface area contributed by atoms with Crippen LogP contribution in [0.3, 0.4) is 0 Å². The predicted octanol–water partition coefficient (Wildman–Crippen LogP) is 5.77. The van der Waals surface area contributed by atoms with Crippen LogP contribution in [-0.2, 0) is 0 Å². The molecule has 1 unspecified atom stereocenters. The van der Waals surface area contributed by atoms with E-state index in [1.54, 1.807) is 0 Å². The average Bonchev–Trinajstić information content (AvgIpc) is 2.70. The topological polar surface area (TPSA) is 30.5 Å². The molecular weight excluding hydrogens is 322 g/mol. The van der Waals surface area contributed by atoms with Crippen LogP contribution in [-0.4, -0.2) is 19.8 Å². The van der Waals surface area contributed by atoms with E-state index in [0.717, 1.165) is 24.5 Å². The highest BCUT2D eigenvalue weighted by atomic mass is 16.5. The predicted molar refractivity (Wildman–Crippen MR) is 109 cm³/mol. The van der Waals surface area contributed by atoms with Crippen molar-refractivity contribution in [2.45, 2.75) is 52.0 Å². The number of ether oxygens (including phenoxy) is 2. The molecule has 0 bridgehead atoms. The van der Waals surface area contributed by atoms with Gasteiger partial charge in [-0.2, -0.15) is 0 Å². The van der Waals surface area contributed by atoms with Gasteiger partial charge in [0.05, 0.1) is 0 Å². The molecule has 0 saturated carbocycles. The first-order valence-corrected chi connectivity index (χ1v) is 9.97. The molecule has 3 nitrogen and oxygen atoms in total. The normalized spacial score (nSPS) is 11.9. The van der Waals surface area contributed by atoms with Gasteiger partial charge in [0.25, 0.3) is 0 Å². The van der Waals surface area contributed by atoms with Crippen molar-refractivity contribution in [3.63, 3.8) is 0 Å². The molecule has 0 aliphatic rings. The number of unbranched alkanes of at least 4 members (excludes halogenated alkanes) is 3. The molecule has 0 aliphatic heterocycles. The summed E-state index contributed by atoms with van der Waals surface area (Å²) in [6.45, 7) is 6.66. The molecule has 1 N–H and O–H groups in total. The zero-order valence-corrected chi connectivity index (χ0v) is 16.2. The molecule has 0 aliphatic carbocycles. The molecule has 0 radical (unpaired) electrons. The van der Waals surface area contributed by atoms with Crippen molar-refractivity contribution < 1.29 is 9.47 Å². The molecule has 1 atom stereocenters. The van der Waals surface area contributed by atoms with Crippen molar-refractivity contribution >= 4 is 0 Å². The van der Waals surface area contributed by atoms with Gasteiger partial charge in [0, 0.05) is 6.04 Å². The van der Waals surface area contributed by atoms with Crippen LogP contribution in [0.25, 0.3) is 0 Å². The van der Waals surface area contributed by atoms with Crippen LogP contribution >= 0.6 is 0 Å². The molecule has 0 saturated heterocycles. The Balaban J connectivity index is 1.70. The number of para-hydroxylation sites is 1. The van der Waals surface area contributed by atoms with Crippen LogP contribution in [0.2, 0.25) is 0 Å². The monoisotopic (exact) mass is 355 g/mol. The Bertz CT molecular complexity index is 583. The van der Waals surface area contributed by atoms with Crippen LogP contribution < -0.4 is 14.8 Å². The lowest BCUT2D eigenvalue weighted by Gasteiger charge is -2.18. The summed E-state index contributed by atoms with van der Waals surface area (Å²) in [7, 11) is 0. The molecule has 0 aromatic heterocycles. The van der Waals surface area contributed by atoms with Crippen LogP contribution in [0.1, 0.15) is 57.6 Å². The van der Waals surface area contributed by atoms with Crippen LogP contribution in [0, 0.1) is 0 Å². The van der Waals surface area contributed by atoms with Crippen LogP contribution in [0.5, 0.6) is 11.5 Å². The van der Waals surface area contributed by atoms with Gasteiger partial charge in [0.1, 0.15) is 24.7 Å². The number of benzene rings is 2. The fourth-order valence-corrected chi connectivity index (χ4v) is 2.96. The highest BCUT2D eigenvalue weighted by Gasteiger charge is 2.08. The van der Waals surface area contributed by atoms with E-state index in [1.807, 2.05) is 30.3 Å². The summed E-state index contributed by atoms with van der Waals surface area (Å²) in [5, 5.41) is 3.67. The maximum atomic E-state index is 5.78. The molecule has 3 heteroatoms. The summed E-state index contributed by atoms with van der Waals surface area (Å²) in [6, 6.07) is 18.7. The van der Waals surface area contributed by atoms with Crippen molar-refractivity contribution in [1.82, 2.24) is 5.32 Å². The Morgan fingerprint density at radius 3 is 2.04 bits per heavy atom. The lowest BCUT2D eigenvalue weighted by atomic mass is 10.0. The van der Waals surface area contributed by atoms with Gasteiger partial charge in [0.15, 0.2) is 0 Å². The minimum absolute atomic E-state index is 0.423.